The molecule has 1 heterocycles. The number of halogens is 1. The highest BCUT2D eigenvalue weighted by molar-refractivity contribution is 5.85. The number of rotatable bonds is 13. The normalized spacial score (nSPS) is 15.1. The molecule has 0 unspecified atom stereocenters. The van der Waals surface area contributed by atoms with Crippen molar-refractivity contribution in [2.24, 2.45) is 0 Å². The van der Waals surface area contributed by atoms with Crippen molar-refractivity contribution in [1.29, 1.82) is 0 Å². The summed E-state index contributed by atoms with van der Waals surface area (Å²) in [5.41, 5.74) is 0. The molecular formula is C18H41ClN2O. The zero-order chi connectivity index (χ0) is 14.3. The third-order valence-electron chi connectivity index (χ3n) is 4.43. The summed E-state index contributed by atoms with van der Waals surface area (Å²) < 4.78 is 5.37. The van der Waals surface area contributed by atoms with Gasteiger partial charge in [-0.05, 0) is 13.0 Å². The number of nitrogens with zero attached hydrogens (tertiary/aromatic N) is 1. The van der Waals surface area contributed by atoms with Crippen LogP contribution in [-0.2, 0) is 4.74 Å². The van der Waals surface area contributed by atoms with Crippen molar-refractivity contribution in [1.82, 2.24) is 11.1 Å². The van der Waals surface area contributed by atoms with Crippen LogP contribution in [-0.4, -0.2) is 37.7 Å². The lowest BCUT2D eigenvalue weighted by Crippen LogP contribution is -2.36. The molecule has 0 saturated carbocycles. The third-order valence-corrected chi connectivity index (χ3v) is 4.43. The Hall–Kier alpha value is 0.170. The second kappa shape index (κ2) is 19.2. The molecule has 3 N–H and O–H groups in total. The Balaban J connectivity index is 0. The summed E-state index contributed by atoms with van der Waals surface area (Å²) in [7, 11) is 0. The Morgan fingerprint density at radius 1 is 0.682 bits per heavy atom. The number of ether oxygens (including phenoxy) is 1. The molecule has 0 bridgehead atoms. The first-order valence-electron chi connectivity index (χ1n) is 9.23. The minimum atomic E-state index is 0. The van der Waals surface area contributed by atoms with Gasteiger partial charge in [0.2, 0.25) is 0 Å². The first-order valence-corrected chi connectivity index (χ1v) is 9.23. The molecule has 0 aromatic heterocycles. The first kappa shape index (κ1) is 24.4. The van der Waals surface area contributed by atoms with Crippen LogP contribution in [0.4, 0.5) is 0 Å². The van der Waals surface area contributed by atoms with Crippen LogP contribution in [0.2, 0.25) is 0 Å². The van der Waals surface area contributed by atoms with E-state index in [9.17, 15) is 0 Å². The Morgan fingerprint density at radius 2 is 1.09 bits per heavy atom. The molecule has 1 saturated heterocycles. The minimum absolute atomic E-state index is 0. The Kier molecular flexibility index (Phi) is 21.3. The monoisotopic (exact) mass is 336 g/mol. The average molecular weight is 337 g/mol. The molecular weight excluding hydrogens is 296 g/mol. The molecule has 0 aromatic rings. The zero-order valence-electron chi connectivity index (χ0n) is 15.0. The van der Waals surface area contributed by atoms with Gasteiger partial charge in [-0.3, -0.25) is 4.90 Å². The van der Waals surface area contributed by atoms with E-state index < -0.39 is 0 Å². The van der Waals surface area contributed by atoms with Crippen molar-refractivity contribution in [3.05, 3.63) is 0 Å². The standard InChI is InChI=1S/C18H37NO.ClH.H3N/c1-2-3-4-5-6-7-8-9-10-11-12-13-14-19-15-17-20-18-16-19;;/h2-18H2,1H3;1H;1H3. The summed E-state index contributed by atoms with van der Waals surface area (Å²) in [4.78, 5) is 2.56. The van der Waals surface area contributed by atoms with E-state index in [1.807, 2.05) is 0 Å². The number of morpholine rings is 1. The van der Waals surface area contributed by atoms with Crippen molar-refractivity contribution in [3.63, 3.8) is 0 Å². The molecule has 0 radical (unpaired) electrons. The summed E-state index contributed by atoms with van der Waals surface area (Å²) in [6.07, 6.45) is 17.3. The molecule has 1 rings (SSSR count). The fraction of sp³-hybridized carbons (Fsp3) is 1.00. The maximum atomic E-state index is 5.37. The molecule has 1 aliphatic heterocycles. The topological polar surface area (TPSA) is 47.5 Å². The van der Waals surface area contributed by atoms with E-state index in [0.29, 0.717) is 0 Å². The molecule has 0 amide bonds. The van der Waals surface area contributed by atoms with E-state index in [-0.39, 0.29) is 18.6 Å². The first-order chi connectivity index (χ1) is 9.93. The molecule has 0 atom stereocenters. The summed E-state index contributed by atoms with van der Waals surface area (Å²) in [6, 6.07) is 0. The van der Waals surface area contributed by atoms with Crippen LogP contribution in [0.3, 0.4) is 0 Å². The fourth-order valence-corrected chi connectivity index (χ4v) is 3.00. The van der Waals surface area contributed by atoms with Crippen LogP contribution < -0.4 is 6.15 Å². The third kappa shape index (κ3) is 15.1. The lowest BCUT2D eigenvalue weighted by Gasteiger charge is -2.26. The van der Waals surface area contributed by atoms with Gasteiger partial charge < -0.3 is 10.9 Å². The smallest absolute Gasteiger partial charge is 0.0594 e. The Morgan fingerprint density at radius 3 is 1.55 bits per heavy atom. The summed E-state index contributed by atoms with van der Waals surface area (Å²) in [6.45, 7) is 7.77. The zero-order valence-corrected chi connectivity index (χ0v) is 15.8. The van der Waals surface area contributed by atoms with Crippen molar-refractivity contribution in [2.45, 2.75) is 84.0 Å². The molecule has 0 aromatic carbocycles. The van der Waals surface area contributed by atoms with Gasteiger partial charge >= 0.3 is 0 Å². The van der Waals surface area contributed by atoms with Gasteiger partial charge in [-0.15, -0.1) is 12.4 Å². The lowest BCUT2D eigenvalue weighted by atomic mass is 10.1. The molecule has 0 aliphatic carbocycles. The van der Waals surface area contributed by atoms with Gasteiger partial charge in [0.05, 0.1) is 13.2 Å². The van der Waals surface area contributed by atoms with Crippen molar-refractivity contribution in [2.75, 3.05) is 32.8 Å². The van der Waals surface area contributed by atoms with Gasteiger partial charge in [-0.1, -0.05) is 77.6 Å². The SMILES string of the molecule is CCCCCCCCCCCCCCN1CCOCC1.Cl.N. The molecule has 1 fully saturated rings. The second-order valence-electron chi connectivity index (χ2n) is 6.34. The van der Waals surface area contributed by atoms with Gasteiger partial charge in [0.15, 0.2) is 0 Å². The highest BCUT2D eigenvalue weighted by Crippen LogP contribution is 2.12. The number of unbranched alkanes of at least 4 members (excludes halogenated alkanes) is 11. The number of hydrogen-bond acceptors (Lipinski definition) is 3. The van der Waals surface area contributed by atoms with E-state index in [1.165, 1.54) is 83.6 Å². The molecule has 136 valence electrons. The molecule has 3 nitrogen and oxygen atoms in total. The quantitative estimate of drug-likeness (QED) is 0.445. The molecule has 1 aliphatic rings. The Labute approximate surface area is 145 Å². The van der Waals surface area contributed by atoms with Crippen molar-refractivity contribution >= 4 is 12.4 Å². The van der Waals surface area contributed by atoms with E-state index in [4.69, 9.17) is 4.74 Å². The van der Waals surface area contributed by atoms with Gasteiger partial charge in [-0.2, -0.15) is 0 Å². The summed E-state index contributed by atoms with van der Waals surface area (Å²) in [5, 5.41) is 0. The van der Waals surface area contributed by atoms with Crippen molar-refractivity contribution < 1.29 is 4.74 Å². The maximum Gasteiger partial charge on any atom is 0.0594 e. The minimum Gasteiger partial charge on any atom is -0.379 e. The molecule has 0 spiro atoms. The van der Waals surface area contributed by atoms with Gasteiger partial charge in [-0.25, -0.2) is 0 Å². The van der Waals surface area contributed by atoms with Crippen LogP contribution in [0.25, 0.3) is 0 Å². The van der Waals surface area contributed by atoms with Crippen LogP contribution in [0.15, 0.2) is 0 Å². The van der Waals surface area contributed by atoms with E-state index in [2.05, 4.69) is 11.8 Å². The van der Waals surface area contributed by atoms with E-state index in [1.54, 1.807) is 0 Å². The predicted octanol–water partition coefficient (Wildman–Crippen LogP) is 5.60. The average Bonchev–Trinajstić information content (AvgIpc) is 2.49. The van der Waals surface area contributed by atoms with Crippen LogP contribution in [0, 0.1) is 0 Å². The Bertz CT molecular complexity index is 200. The summed E-state index contributed by atoms with van der Waals surface area (Å²) >= 11 is 0. The number of hydrogen-bond donors (Lipinski definition) is 1. The van der Waals surface area contributed by atoms with E-state index >= 15 is 0 Å². The van der Waals surface area contributed by atoms with Crippen LogP contribution in [0.1, 0.15) is 84.0 Å². The van der Waals surface area contributed by atoms with Gasteiger partial charge in [0.25, 0.3) is 0 Å². The van der Waals surface area contributed by atoms with Crippen LogP contribution >= 0.6 is 12.4 Å². The predicted molar refractivity (Wildman–Crippen MR) is 101 cm³/mol. The fourth-order valence-electron chi connectivity index (χ4n) is 3.00. The van der Waals surface area contributed by atoms with Gasteiger partial charge in [0.1, 0.15) is 0 Å². The highest BCUT2D eigenvalue weighted by Gasteiger charge is 2.08. The van der Waals surface area contributed by atoms with Crippen molar-refractivity contribution in [3.8, 4) is 0 Å². The van der Waals surface area contributed by atoms with Crippen LogP contribution in [0.5, 0.6) is 0 Å². The molecule has 22 heavy (non-hydrogen) atoms. The second-order valence-corrected chi connectivity index (χ2v) is 6.34. The summed E-state index contributed by atoms with van der Waals surface area (Å²) in [5.74, 6) is 0. The maximum absolute atomic E-state index is 5.37. The lowest BCUT2D eigenvalue weighted by molar-refractivity contribution is 0.0371. The molecule has 4 heteroatoms. The van der Waals surface area contributed by atoms with E-state index in [0.717, 1.165) is 26.3 Å². The highest BCUT2D eigenvalue weighted by atomic mass is 35.5. The largest absolute Gasteiger partial charge is 0.379 e. The van der Waals surface area contributed by atoms with Gasteiger partial charge in [0, 0.05) is 13.1 Å².